The van der Waals surface area contributed by atoms with Crippen LogP contribution in [0, 0.1) is 5.92 Å². The summed E-state index contributed by atoms with van der Waals surface area (Å²) in [6, 6.07) is 7.32. The van der Waals surface area contributed by atoms with Crippen LogP contribution in [0.25, 0.3) is 10.4 Å². The van der Waals surface area contributed by atoms with E-state index in [0.717, 1.165) is 48.5 Å². The number of nitrogens with zero attached hydrogens (tertiary/aromatic N) is 3. The molecule has 0 N–H and O–H groups in total. The molecule has 24 nitrogen and oxygen atoms in total. The molecule has 1 aromatic rings. The molecule has 0 bridgehead atoms. The highest BCUT2D eigenvalue weighted by atomic mass is 28.4. The number of azide groups is 1. The number of hydrogen-bond donors (Lipinski definition) is 0. The number of benzene rings is 1. The lowest BCUT2D eigenvalue weighted by molar-refractivity contribution is -0.371. The Morgan fingerprint density at radius 3 is 1.56 bits per heavy atom. The molecule has 3 fully saturated rings. The van der Waals surface area contributed by atoms with Crippen LogP contribution >= 0.6 is 0 Å². The standard InChI is InChI=1S/C47H69N3O21Si/c1-23(2)47(11,12)72(13,14)71-44-35(49-50-48)39(70-45-42(60-20-32-18-16-15-17-19-32)40(64-29(8)55)36(24(3)61-45)62-27(6)53)37(33(67-44)21-58-25(4)51)69-46-43(66-31(10)57)41(65-30(9)56)38(63-28(7)54)34(68-46)22-59-26(5)52/h15-19,23-24,33-46H,20-22H2,1-14H3/t24-,33+,34+,35+,36+,37+,38-,39+,40+,41-,42-,43+,44-,45-,46-/m0/s1. The van der Waals surface area contributed by atoms with E-state index in [-0.39, 0.29) is 12.5 Å². The molecule has 1 aromatic carbocycles. The van der Waals surface area contributed by atoms with Crippen LogP contribution in [0.15, 0.2) is 35.4 Å². The maximum atomic E-state index is 12.9. The highest BCUT2D eigenvalue weighted by Gasteiger charge is 2.59. The van der Waals surface area contributed by atoms with Gasteiger partial charge in [-0.25, -0.2) is 0 Å². The topological polar surface area (TPSA) is 297 Å². The second-order valence-electron chi connectivity index (χ2n) is 18.9. The maximum absolute atomic E-state index is 12.9. The number of carbonyl (C=O) groups is 7. The van der Waals surface area contributed by atoms with Crippen LogP contribution in [0.4, 0.5) is 0 Å². The van der Waals surface area contributed by atoms with Crippen LogP contribution in [0.3, 0.4) is 0 Å². The Hall–Kier alpha value is -5.24. The van der Waals surface area contributed by atoms with Crippen molar-refractivity contribution in [3.05, 3.63) is 46.3 Å². The van der Waals surface area contributed by atoms with Crippen molar-refractivity contribution in [2.45, 2.75) is 200 Å². The first-order valence-corrected chi connectivity index (χ1v) is 26.4. The van der Waals surface area contributed by atoms with E-state index in [4.69, 9.17) is 66.0 Å². The first-order chi connectivity index (χ1) is 33.7. The molecular formula is C47H69N3O21Si. The van der Waals surface area contributed by atoms with Crippen molar-refractivity contribution in [2.24, 2.45) is 11.0 Å². The van der Waals surface area contributed by atoms with Crippen molar-refractivity contribution >= 4 is 50.1 Å². The smallest absolute Gasteiger partial charge is 0.303 e. The van der Waals surface area contributed by atoms with Crippen LogP contribution in [0.1, 0.15) is 88.6 Å². The minimum absolute atomic E-state index is 0.0613. The maximum Gasteiger partial charge on any atom is 0.303 e. The molecular weight excluding hydrogens is 971 g/mol. The number of rotatable bonds is 21. The lowest BCUT2D eigenvalue weighted by atomic mass is 9.94. The van der Waals surface area contributed by atoms with E-state index in [1.807, 2.05) is 40.8 Å². The van der Waals surface area contributed by atoms with Crippen molar-refractivity contribution in [3.8, 4) is 0 Å². The van der Waals surface area contributed by atoms with Crippen molar-refractivity contribution in [1.82, 2.24) is 0 Å². The molecule has 15 atom stereocenters. The summed E-state index contributed by atoms with van der Waals surface area (Å²) in [5, 5.41) is 3.69. The fourth-order valence-corrected chi connectivity index (χ4v) is 10.7. The Morgan fingerprint density at radius 2 is 1.06 bits per heavy atom. The molecule has 3 heterocycles. The molecule has 0 aliphatic carbocycles. The van der Waals surface area contributed by atoms with E-state index in [0.29, 0.717) is 5.56 Å². The zero-order valence-electron chi connectivity index (χ0n) is 43.2. The third-order valence-electron chi connectivity index (χ3n) is 12.8. The number of carbonyl (C=O) groups excluding carboxylic acids is 7. The number of ether oxygens (including phenoxy) is 13. The third kappa shape index (κ3) is 15.9. The largest absolute Gasteiger partial charge is 0.463 e. The van der Waals surface area contributed by atoms with E-state index in [2.05, 4.69) is 10.0 Å². The summed E-state index contributed by atoms with van der Waals surface area (Å²) in [4.78, 5) is 91.6. The van der Waals surface area contributed by atoms with E-state index in [1.165, 1.54) is 6.92 Å². The van der Waals surface area contributed by atoms with Gasteiger partial charge in [-0.1, -0.05) is 63.1 Å². The predicted molar refractivity (Wildman–Crippen MR) is 248 cm³/mol. The van der Waals surface area contributed by atoms with Gasteiger partial charge in [0, 0.05) is 53.4 Å². The fourth-order valence-electron chi connectivity index (χ4n) is 8.28. The van der Waals surface area contributed by atoms with Crippen LogP contribution in [0.2, 0.25) is 18.1 Å². The zero-order valence-corrected chi connectivity index (χ0v) is 44.2. The molecule has 0 amide bonds. The summed E-state index contributed by atoms with van der Waals surface area (Å²) in [7, 11) is -2.99. The molecule has 0 saturated carbocycles. The van der Waals surface area contributed by atoms with Gasteiger partial charge in [-0.3, -0.25) is 33.6 Å². The second-order valence-corrected chi connectivity index (χ2v) is 23.5. The fraction of sp³-hybridized carbons (Fsp3) is 0.723. The molecule has 0 spiro atoms. The van der Waals surface area contributed by atoms with Crippen LogP contribution in [-0.4, -0.2) is 155 Å². The van der Waals surface area contributed by atoms with Gasteiger partial charge in [-0.05, 0) is 42.1 Å². The second kappa shape index (κ2) is 26.1. The summed E-state index contributed by atoms with van der Waals surface area (Å²) in [6.07, 6.45) is -21.5. The summed E-state index contributed by atoms with van der Waals surface area (Å²) < 4.78 is 85.9. The van der Waals surface area contributed by atoms with Gasteiger partial charge in [0.2, 0.25) is 0 Å². The number of esters is 7. The summed E-state index contributed by atoms with van der Waals surface area (Å²) in [5.74, 6) is -5.73. The van der Waals surface area contributed by atoms with Gasteiger partial charge in [0.15, 0.2) is 57.7 Å². The van der Waals surface area contributed by atoms with Crippen LogP contribution < -0.4 is 0 Å². The monoisotopic (exact) mass is 1040 g/mol. The van der Waals surface area contributed by atoms with E-state index in [9.17, 15) is 39.1 Å². The third-order valence-corrected chi connectivity index (χ3v) is 17.3. The molecule has 3 aliphatic heterocycles. The van der Waals surface area contributed by atoms with Crippen molar-refractivity contribution in [3.63, 3.8) is 0 Å². The van der Waals surface area contributed by atoms with Gasteiger partial charge in [-0.2, -0.15) is 0 Å². The predicted octanol–water partition coefficient (Wildman–Crippen LogP) is 4.66. The SMILES string of the molecule is CC(=O)OC[C@H]1O[C@@H](O[C@H]2[C@H](O[C@@H]3O[C@@H](C)[C@@H](OC(C)=O)[C@@H](OC(C)=O)[C@@H]3OCc3ccccc3)[C@@H](N=[N+]=[N-])[C@H](O[Si](C)(C)C(C)(C)C(C)C)O[C@@H]2COC(C)=O)[C@H](OC(C)=O)[C@@H](OC(C)=O)[C@H]1OC(C)=O. The lowest BCUT2D eigenvalue weighted by Gasteiger charge is -2.52. The van der Waals surface area contributed by atoms with E-state index in [1.54, 1.807) is 30.3 Å². The van der Waals surface area contributed by atoms with Gasteiger partial charge < -0.3 is 66.0 Å². The molecule has 3 aliphatic rings. The van der Waals surface area contributed by atoms with Gasteiger partial charge in [0.05, 0.1) is 12.7 Å². The molecule has 0 aromatic heterocycles. The molecule has 402 valence electrons. The molecule has 72 heavy (non-hydrogen) atoms. The average Bonchev–Trinajstić information content (AvgIpc) is 3.26. The van der Waals surface area contributed by atoms with Crippen LogP contribution in [0.5, 0.6) is 0 Å². The quantitative estimate of drug-likeness (QED) is 0.0404. The van der Waals surface area contributed by atoms with Gasteiger partial charge in [0.25, 0.3) is 0 Å². The first-order valence-electron chi connectivity index (χ1n) is 23.4. The summed E-state index contributed by atoms with van der Waals surface area (Å²) >= 11 is 0. The van der Waals surface area contributed by atoms with Gasteiger partial charge >= 0.3 is 41.8 Å². The highest BCUT2D eigenvalue weighted by Crippen LogP contribution is 2.47. The molecule has 0 radical (unpaired) electrons. The Labute approximate surface area is 419 Å². The summed E-state index contributed by atoms with van der Waals surface area (Å²) in [5.41, 5.74) is 11.0. The average molecular weight is 1040 g/mol. The molecule has 3 saturated heterocycles. The minimum atomic E-state index is -2.99. The molecule has 0 unspecified atom stereocenters. The lowest BCUT2D eigenvalue weighted by Crippen LogP contribution is -2.68. The Balaban J connectivity index is 2.03. The minimum Gasteiger partial charge on any atom is -0.463 e. The Kier molecular flexibility index (Phi) is 21.5. The zero-order chi connectivity index (χ0) is 53.8. The Bertz CT molecular complexity index is 2100. The number of hydrogen-bond acceptors (Lipinski definition) is 22. The normalized spacial score (nSPS) is 30.7. The molecule has 4 rings (SSSR count). The van der Waals surface area contributed by atoms with E-state index < -0.39 is 160 Å². The van der Waals surface area contributed by atoms with Gasteiger partial charge in [-0.15, -0.1) is 0 Å². The Morgan fingerprint density at radius 1 is 0.611 bits per heavy atom. The highest BCUT2D eigenvalue weighted by molar-refractivity contribution is 6.74. The van der Waals surface area contributed by atoms with Crippen molar-refractivity contribution < 1.29 is 99.6 Å². The van der Waals surface area contributed by atoms with Gasteiger partial charge in [0.1, 0.15) is 49.8 Å². The molecule has 25 heteroatoms. The van der Waals surface area contributed by atoms with Crippen molar-refractivity contribution in [2.75, 3.05) is 13.2 Å². The first kappa shape index (κ1) is 59.3. The van der Waals surface area contributed by atoms with E-state index >= 15 is 0 Å². The van der Waals surface area contributed by atoms with Crippen LogP contribution in [-0.2, 0) is 106 Å². The van der Waals surface area contributed by atoms with Crippen molar-refractivity contribution in [1.29, 1.82) is 0 Å². The summed E-state index contributed by atoms with van der Waals surface area (Å²) in [6.45, 7) is 19.9.